The fourth-order valence-electron chi connectivity index (χ4n) is 2.61. The summed E-state index contributed by atoms with van der Waals surface area (Å²) in [4.78, 5) is 11.9. The summed E-state index contributed by atoms with van der Waals surface area (Å²) in [5, 5.41) is 12.6. The minimum absolute atomic E-state index is 0.110. The normalized spacial score (nSPS) is 22.9. The van der Waals surface area contributed by atoms with E-state index in [1.165, 1.54) is 5.56 Å². The van der Waals surface area contributed by atoms with Gasteiger partial charge in [-0.1, -0.05) is 37.3 Å². The number of carbonyl (C=O) groups is 1. The monoisotopic (exact) mass is 293 g/mol. The van der Waals surface area contributed by atoms with Crippen LogP contribution in [0, 0.1) is 5.92 Å². The van der Waals surface area contributed by atoms with Crippen LogP contribution in [0.25, 0.3) is 0 Å². The molecule has 2 rings (SSSR count). The molecule has 0 aromatic heterocycles. The highest BCUT2D eigenvalue weighted by atomic mass is 32.2. The SMILES string of the molecule is CCSCC(=O)N[C@@H](Cc1ccccc1)C1CC(O)C1. The van der Waals surface area contributed by atoms with E-state index in [9.17, 15) is 9.90 Å². The maximum Gasteiger partial charge on any atom is 0.230 e. The molecule has 4 heteroatoms. The zero-order valence-corrected chi connectivity index (χ0v) is 12.7. The van der Waals surface area contributed by atoms with Gasteiger partial charge in [0, 0.05) is 6.04 Å². The van der Waals surface area contributed by atoms with E-state index in [-0.39, 0.29) is 18.1 Å². The van der Waals surface area contributed by atoms with Crippen LogP contribution < -0.4 is 5.32 Å². The van der Waals surface area contributed by atoms with Gasteiger partial charge in [-0.2, -0.15) is 11.8 Å². The number of amides is 1. The third kappa shape index (κ3) is 4.53. The highest BCUT2D eigenvalue weighted by Crippen LogP contribution is 2.31. The van der Waals surface area contributed by atoms with E-state index in [2.05, 4.69) is 24.4 Å². The molecule has 0 spiro atoms. The van der Waals surface area contributed by atoms with Crippen LogP contribution in [-0.4, -0.2) is 34.7 Å². The number of thioether (sulfide) groups is 1. The predicted molar refractivity (Wildman–Crippen MR) is 83.8 cm³/mol. The second kappa shape index (κ2) is 7.70. The Hall–Kier alpha value is -1.00. The van der Waals surface area contributed by atoms with E-state index in [0.29, 0.717) is 11.7 Å². The molecule has 20 heavy (non-hydrogen) atoms. The Morgan fingerprint density at radius 3 is 2.70 bits per heavy atom. The van der Waals surface area contributed by atoms with Crippen LogP contribution >= 0.6 is 11.8 Å². The molecule has 0 bridgehead atoms. The van der Waals surface area contributed by atoms with E-state index in [1.54, 1.807) is 11.8 Å². The maximum absolute atomic E-state index is 11.9. The zero-order valence-electron chi connectivity index (χ0n) is 11.9. The standard InChI is InChI=1S/C16H23NO2S/c1-2-20-11-16(19)17-15(13-9-14(18)10-13)8-12-6-4-3-5-7-12/h3-7,13-15,18H,2,8-11H2,1H3,(H,17,19)/t13?,14?,15-/m0/s1. The molecule has 1 aromatic rings. The Bertz CT molecular complexity index is 418. The quantitative estimate of drug-likeness (QED) is 0.810. The summed E-state index contributed by atoms with van der Waals surface area (Å²) in [6.07, 6.45) is 2.28. The molecule has 0 unspecified atom stereocenters. The molecule has 1 fully saturated rings. The number of carbonyl (C=O) groups excluding carboxylic acids is 1. The lowest BCUT2D eigenvalue weighted by molar-refractivity contribution is -0.120. The molecule has 1 atom stereocenters. The summed E-state index contributed by atoms with van der Waals surface area (Å²) >= 11 is 1.64. The van der Waals surface area contributed by atoms with Crippen molar-refractivity contribution < 1.29 is 9.90 Å². The molecule has 0 saturated heterocycles. The van der Waals surface area contributed by atoms with Gasteiger partial charge in [-0.25, -0.2) is 0 Å². The number of aliphatic hydroxyl groups is 1. The second-order valence-electron chi connectivity index (χ2n) is 5.39. The van der Waals surface area contributed by atoms with Crippen molar-refractivity contribution in [3.8, 4) is 0 Å². The van der Waals surface area contributed by atoms with Crippen LogP contribution in [-0.2, 0) is 11.2 Å². The number of aliphatic hydroxyl groups excluding tert-OH is 1. The summed E-state index contributed by atoms with van der Waals surface area (Å²) in [6.45, 7) is 2.06. The van der Waals surface area contributed by atoms with Gasteiger partial charge in [0.2, 0.25) is 5.91 Å². The van der Waals surface area contributed by atoms with Gasteiger partial charge in [0.05, 0.1) is 11.9 Å². The largest absolute Gasteiger partial charge is 0.393 e. The number of hydrogen-bond acceptors (Lipinski definition) is 3. The Labute approximate surface area is 125 Å². The maximum atomic E-state index is 11.9. The number of benzene rings is 1. The topological polar surface area (TPSA) is 49.3 Å². The fraction of sp³-hybridized carbons (Fsp3) is 0.562. The van der Waals surface area contributed by atoms with Crippen LogP contribution in [0.1, 0.15) is 25.3 Å². The highest BCUT2D eigenvalue weighted by molar-refractivity contribution is 7.99. The lowest BCUT2D eigenvalue weighted by atomic mass is 9.75. The summed E-state index contributed by atoms with van der Waals surface area (Å²) in [5.41, 5.74) is 1.24. The molecule has 1 saturated carbocycles. The molecule has 1 amide bonds. The summed E-state index contributed by atoms with van der Waals surface area (Å²) in [7, 11) is 0. The summed E-state index contributed by atoms with van der Waals surface area (Å²) < 4.78 is 0. The molecule has 2 N–H and O–H groups in total. The van der Waals surface area contributed by atoms with Gasteiger partial charge in [0.25, 0.3) is 0 Å². The average Bonchev–Trinajstić information content (AvgIpc) is 2.42. The van der Waals surface area contributed by atoms with Crippen molar-refractivity contribution in [2.24, 2.45) is 5.92 Å². The van der Waals surface area contributed by atoms with Gasteiger partial charge >= 0.3 is 0 Å². The van der Waals surface area contributed by atoms with Crippen molar-refractivity contribution in [2.75, 3.05) is 11.5 Å². The van der Waals surface area contributed by atoms with E-state index in [4.69, 9.17) is 0 Å². The third-order valence-electron chi connectivity index (χ3n) is 3.80. The average molecular weight is 293 g/mol. The van der Waals surface area contributed by atoms with Crippen molar-refractivity contribution in [1.82, 2.24) is 5.32 Å². The molecule has 1 aromatic carbocycles. The number of rotatable bonds is 7. The van der Waals surface area contributed by atoms with Crippen molar-refractivity contribution >= 4 is 17.7 Å². The lowest BCUT2D eigenvalue weighted by Gasteiger charge is -2.38. The first-order valence-electron chi connectivity index (χ1n) is 7.28. The smallest absolute Gasteiger partial charge is 0.230 e. The van der Waals surface area contributed by atoms with Crippen molar-refractivity contribution in [3.05, 3.63) is 35.9 Å². The van der Waals surface area contributed by atoms with Gasteiger partial charge in [0.1, 0.15) is 0 Å². The van der Waals surface area contributed by atoms with E-state index >= 15 is 0 Å². The van der Waals surface area contributed by atoms with Gasteiger partial charge in [-0.05, 0) is 36.5 Å². The molecule has 0 aliphatic heterocycles. The van der Waals surface area contributed by atoms with Crippen LogP contribution in [0.4, 0.5) is 0 Å². The minimum Gasteiger partial charge on any atom is -0.393 e. The molecule has 0 heterocycles. The molecular formula is C16H23NO2S. The first kappa shape index (κ1) is 15.4. The highest BCUT2D eigenvalue weighted by Gasteiger charge is 2.34. The molecule has 0 radical (unpaired) electrons. The first-order valence-corrected chi connectivity index (χ1v) is 8.43. The Kier molecular flexibility index (Phi) is 5.92. The molecule has 110 valence electrons. The number of nitrogens with one attached hydrogen (secondary N) is 1. The fourth-order valence-corrected chi connectivity index (χ4v) is 3.08. The van der Waals surface area contributed by atoms with Gasteiger partial charge in [-0.3, -0.25) is 4.79 Å². The van der Waals surface area contributed by atoms with E-state index in [0.717, 1.165) is 25.0 Å². The van der Waals surface area contributed by atoms with Crippen LogP contribution in [0.3, 0.4) is 0 Å². The zero-order chi connectivity index (χ0) is 14.4. The van der Waals surface area contributed by atoms with Crippen molar-refractivity contribution in [2.45, 2.75) is 38.3 Å². The summed E-state index contributed by atoms with van der Waals surface area (Å²) in [6, 6.07) is 10.4. The molecule has 3 nitrogen and oxygen atoms in total. The van der Waals surface area contributed by atoms with Crippen molar-refractivity contribution in [1.29, 1.82) is 0 Å². The lowest BCUT2D eigenvalue weighted by Crippen LogP contribution is -2.48. The minimum atomic E-state index is -0.180. The third-order valence-corrected chi connectivity index (χ3v) is 4.68. The number of hydrogen-bond donors (Lipinski definition) is 2. The summed E-state index contributed by atoms with van der Waals surface area (Å²) in [5.74, 6) is 2.00. The van der Waals surface area contributed by atoms with Crippen LogP contribution in [0.5, 0.6) is 0 Å². The van der Waals surface area contributed by atoms with Gasteiger partial charge < -0.3 is 10.4 Å². The Morgan fingerprint density at radius 1 is 1.40 bits per heavy atom. The van der Waals surface area contributed by atoms with Crippen LogP contribution in [0.2, 0.25) is 0 Å². The van der Waals surface area contributed by atoms with E-state index < -0.39 is 0 Å². The van der Waals surface area contributed by atoms with Gasteiger partial charge in [-0.15, -0.1) is 0 Å². The van der Waals surface area contributed by atoms with E-state index in [1.807, 2.05) is 18.2 Å². The van der Waals surface area contributed by atoms with Crippen molar-refractivity contribution in [3.63, 3.8) is 0 Å². The Morgan fingerprint density at radius 2 is 2.10 bits per heavy atom. The molecule has 1 aliphatic rings. The van der Waals surface area contributed by atoms with Crippen LogP contribution in [0.15, 0.2) is 30.3 Å². The Balaban J connectivity index is 1.92. The van der Waals surface area contributed by atoms with Gasteiger partial charge in [0.15, 0.2) is 0 Å². The molecule has 1 aliphatic carbocycles. The first-order chi connectivity index (χ1) is 9.69. The predicted octanol–water partition coefficient (Wildman–Crippen LogP) is 2.24. The second-order valence-corrected chi connectivity index (χ2v) is 6.66. The molecular weight excluding hydrogens is 270 g/mol.